The fraction of sp³-hybridized carbons (Fsp3) is 0.533. The summed E-state index contributed by atoms with van der Waals surface area (Å²) in [5.74, 6) is -0.877. The van der Waals surface area contributed by atoms with E-state index in [2.05, 4.69) is 5.32 Å². The van der Waals surface area contributed by atoms with Gasteiger partial charge in [-0.25, -0.2) is 0 Å². The van der Waals surface area contributed by atoms with Crippen LogP contribution < -0.4 is 5.32 Å². The third-order valence-electron chi connectivity index (χ3n) is 3.34. The van der Waals surface area contributed by atoms with E-state index in [9.17, 15) is 20.0 Å². The van der Waals surface area contributed by atoms with Crippen molar-refractivity contribution in [3.05, 3.63) is 39.9 Å². The predicted molar refractivity (Wildman–Crippen MR) is 80.3 cm³/mol. The molecule has 0 bridgehead atoms. The van der Waals surface area contributed by atoms with Gasteiger partial charge in [-0.15, -0.1) is 0 Å². The van der Waals surface area contributed by atoms with Crippen molar-refractivity contribution in [3.63, 3.8) is 0 Å². The van der Waals surface area contributed by atoms with Gasteiger partial charge < -0.3 is 10.4 Å². The molecule has 0 aliphatic carbocycles. The first kappa shape index (κ1) is 17.1. The third kappa shape index (κ3) is 5.51. The molecule has 0 heterocycles. The molecule has 0 aliphatic heterocycles. The second-order valence-electron chi connectivity index (χ2n) is 5.19. The summed E-state index contributed by atoms with van der Waals surface area (Å²) in [5, 5.41) is 23.2. The van der Waals surface area contributed by atoms with Crippen molar-refractivity contribution >= 4 is 11.7 Å². The van der Waals surface area contributed by atoms with Crippen LogP contribution in [0, 0.1) is 10.1 Å². The number of hydrogen-bond acceptors (Lipinski definition) is 4. The van der Waals surface area contributed by atoms with Gasteiger partial charge in [-0.3, -0.25) is 14.9 Å². The topological polar surface area (TPSA) is 92.5 Å². The zero-order chi connectivity index (χ0) is 15.8. The highest BCUT2D eigenvalue weighted by Crippen LogP contribution is 2.19. The van der Waals surface area contributed by atoms with Crippen molar-refractivity contribution in [2.75, 3.05) is 0 Å². The third-order valence-corrected chi connectivity index (χ3v) is 3.34. The number of rotatable bonds is 9. The molecule has 21 heavy (non-hydrogen) atoms. The Kier molecular flexibility index (Phi) is 6.81. The number of carboxylic acids is 1. The van der Waals surface area contributed by atoms with E-state index in [1.54, 1.807) is 18.2 Å². The summed E-state index contributed by atoms with van der Waals surface area (Å²) < 4.78 is 0. The van der Waals surface area contributed by atoms with E-state index in [0.717, 1.165) is 12.8 Å². The SMILES string of the molecule is CCCC[C@H](NC(C)Cc1ccccc1[N+](=O)[O-])C(=O)O. The second kappa shape index (κ2) is 8.36. The molecular weight excluding hydrogens is 272 g/mol. The summed E-state index contributed by atoms with van der Waals surface area (Å²) in [6.45, 7) is 3.86. The fourth-order valence-corrected chi connectivity index (χ4v) is 2.28. The second-order valence-corrected chi connectivity index (χ2v) is 5.19. The van der Waals surface area contributed by atoms with Crippen molar-refractivity contribution < 1.29 is 14.8 Å². The highest BCUT2D eigenvalue weighted by atomic mass is 16.6. The lowest BCUT2D eigenvalue weighted by Gasteiger charge is -2.20. The molecule has 2 atom stereocenters. The van der Waals surface area contributed by atoms with Crippen LogP contribution in [0.25, 0.3) is 0 Å². The zero-order valence-electron chi connectivity index (χ0n) is 12.4. The molecule has 6 heteroatoms. The predicted octanol–water partition coefficient (Wildman–Crippen LogP) is 2.76. The normalized spacial score (nSPS) is 13.6. The van der Waals surface area contributed by atoms with Gasteiger partial charge in [-0.2, -0.15) is 0 Å². The van der Waals surface area contributed by atoms with Crippen LogP contribution in [-0.2, 0) is 11.2 Å². The summed E-state index contributed by atoms with van der Waals surface area (Å²) in [7, 11) is 0. The van der Waals surface area contributed by atoms with Gasteiger partial charge in [0.05, 0.1) is 4.92 Å². The minimum absolute atomic E-state index is 0.0755. The number of nitro groups is 1. The lowest BCUT2D eigenvalue weighted by atomic mass is 10.0. The summed E-state index contributed by atoms with van der Waals surface area (Å²) >= 11 is 0. The maximum Gasteiger partial charge on any atom is 0.320 e. The van der Waals surface area contributed by atoms with Crippen LogP contribution >= 0.6 is 0 Å². The molecule has 0 spiro atoms. The first-order chi connectivity index (χ1) is 9.95. The number of hydrogen-bond donors (Lipinski definition) is 2. The molecule has 1 unspecified atom stereocenters. The van der Waals surface area contributed by atoms with Crippen LogP contribution in [0.15, 0.2) is 24.3 Å². The zero-order valence-corrected chi connectivity index (χ0v) is 12.4. The molecule has 0 aromatic heterocycles. The smallest absolute Gasteiger partial charge is 0.320 e. The Balaban J connectivity index is 2.70. The van der Waals surface area contributed by atoms with Gasteiger partial charge in [0.15, 0.2) is 0 Å². The summed E-state index contributed by atoms with van der Waals surface area (Å²) in [6, 6.07) is 5.79. The Bertz CT molecular complexity index is 490. The minimum atomic E-state index is -0.877. The number of unbranched alkanes of at least 4 members (excludes halogenated alkanes) is 1. The van der Waals surface area contributed by atoms with Crippen molar-refractivity contribution in [1.29, 1.82) is 0 Å². The number of nitrogens with zero attached hydrogens (tertiary/aromatic N) is 1. The molecular formula is C15H22N2O4. The molecule has 2 N–H and O–H groups in total. The molecule has 0 amide bonds. The maximum atomic E-state index is 11.2. The molecule has 1 aromatic carbocycles. The molecule has 1 aromatic rings. The first-order valence-corrected chi connectivity index (χ1v) is 7.16. The Morgan fingerprint density at radius 3 is 2.67 bits per heavy atom. The number of aliphatic carboxylic acids is 1. The van der Waals surface area contributed by atoms with Crippen molar-refractivity contribution in [2.24, 2.45) is 0 Å². The van der Waals surface area contributed by atoms with Crippen molar-refractivity contribution in [1.82, 2.24) is 5.32 Å². The monoisotopic (exact) mass is 294 g/mol. The molecule has 6 nitrogen and oxygen atoms in total. The lowest BCUT2D eigenvalue weighted by Crippen LogP contribution is -2.43. The Labute approximate surface area is 124 Å². The van der Waals surface area contributed by atoms with Crippen molar-refractivity contribution in [3.8, 4) is 0 Å². The number of nitrogens with one attached hydrogen (secondary N) is 1. The summed E-state index contributed by atoms with van der Waals surface area (Å²) in [4.78, 5) is 21.8. The highest BCUT2D eigenvalue weighted by molar-refractivity contribution is 5.73. The average molecular weight is 294 g/mol. The van der Waals surface area contributed by atoms with Crippen LogP contribution in [0.3, 0.4) is 0 Å². The Morgan fingerprint density at radius 2 is 2.10 bits per heavy atom. The quantitative estimate of drug-likeness (QED) is 0.539. The molecule has 1 rings (SSSR count). The molecule has 0 radical (unpaired) electrons. The highest BCUT2D eigenvalue weighted by Gasteiger charge is 2.21. The lowest BCUT2D eigenvalue weighted by molar-refractivity contribution is -0.385. The van der Waals surface area contributed by atoms with Gasteiger partial charge in [0, 0.05) is 17.7 Å². The van der Waals surface area contributed by atoms with E-state index >= 15 is 0 Å². The minimum Gasteiger partial charge on any atom is -0.480 e. The van der Waals surface area contributed by atoms with E-state index in [-0.39, 0.29) is 11.7 Å². The number of carbonyl (C=O) groups is 1. The van der Waals surface area contributed by atoms with Crippen LogP contribution in [0.2, 0.25) is 0 Å². The molecule has 0 saturated carbocycles. The first-order valence-electron chi connectivity index (χ1n) is 7.16. The molecule has 0 aliphatic rings. The van der Waals surface area contributed by atoms with Crippen LogP contribution in [0.4, 0.5) is 5.69 Å². The van der Waals surface area contributed by atoms with Gasteiger partial charge in [-0.1, -0.05) is 38.0 Å². The van der Waals surface area contributed by atoms with Crippen LogP contribution in [0.5, 0.6) is 0 Å². The van der Waals surface area contributed by atoms with Gasteiger partial charge in [0.1, 0.15) is 6.04 Å². The van der Waals surface area contributed by atoms with Crippen molar-refractivity contribution in [2.45, 2.75) is 51.6 Å². The van der Waals surface area contributed by atoms with E-state index < -0.39 is 16.9 Å². The van der Waals surface area contributed by atoms with Crippen LogP contribution in [0.1, 0.15) is 38.7 Å². The van der Waals surface area contributed by atoms with Gasteiger partial charge in [0.2, 0.25) is 0 Å². The average Bonchev–Trinajstić information content (AvgIpc) is 2.43. The van der Waals surface area contributed by atoms with E-state index in [1.165, 1.54) is 6.07 Å². The van der Waals surface area contributed by atoms with E-state index in [4.69, 9.17) is 0 Å². The van der Waals surface area contributed by atoms with E-state index in [1.807, 2.05) is 13.8 Å². The number of nitro benzene ring substituents is 1. The standard InChI is InChI=1S/C15H22N2O4/c1-3-4-8-13(15(18)19)16-11(2)10-12-7-5-6-9-14(12)17(20)21/h5-7,9,11,13,16H,3-4,8,10H2,1-2H3,(H,18,19)/t11?,13-/m0/s1. The number of para-hydroxylation sites is 1. The Hall–Kier alpha value is -1.95. The van der Waals surface area contributed by atoms with Gasteiger partial charge in [-0.05, 0) is 19.8 Å². The van der Waals surface area contributed by atoms with E-state index in [0.29, 0.717) is 18.4 Å². The summed E-state index contributed by atoms with van der Waals surface area (Å²) in [6.07, 6.45) is 2.76. The van der Waals surface area contributed by atoms with Crippen LogP contribution in [-0.4, -0.2) is 28.1 Å². The molecule has 0 fully saturated rings. The largest absolute Gasteiger partial charge is 0.480 e. The maximum absolute atomic E-state index is 11.2. The number of benzene rings is 1. The fourth-order valence-electron chi connectivity index (χ4n) is 2.28. The summed E-state index contributed by atoms with van der Waals surface area (Å²) in [5.41, 5.74) is 0.689. The Morgan fingerprint density at radius 1 is 1.43 bits per heavy atom. The van der Waals surface area contributed by atoms with Gasteiger partial charge >= 0.3 is 5.97 Å². The van der Waals surface area contributed by atoms with Gasteiger partial charge in [0.25, 0.3) is 5.69 Å². The molecule has 0 saturated heterocycles. The number of carboxylic acid groups (broad SMARTS) is 1. The molecule has 116 valence electrons.